The highest BCUT2D eigenvalue weighted by molar-refractivity contribution is 6.30. The van der Waals surface area contributed by atoms with Crippen molar-refractivity contribution in [1.29, 1.82) is 5.41 Å². The molecule has 0 unspecified atom stereocenters. The monoisotopic (exact) mass is 523 g/mol. The number of halogens is 4. The summed E-state index contributed by atoms with van der Waals surface area (Å²) in [6, 6.07) is 10.8. The Balaban J connectivity index is 1.43. The van der Waals surface area contributed by atoms with Crippen LogP contribution in [0.5, 0.6) is 0 Å². The summed E-state index contributed by atoms with van der Waals surface area (Å²) in [5, 5.41) is 25.1. The molecule has 0 heterocycles. The Bertz CT molecular complexity index is 1110. The van der Waals surface area contributed by atoms with E-state index in [1.165, 1.54) is 6.07 Å². The number of carbonyl (C=O) groups excluding carboxylic acids is 2. The molecule has 0 radical (unpaired) electrons. The number of hydrogen-bond acceptors (Lipinski definition) is 4. The molecule has 1 saturated carbocycles. The third kappa shape index (κ3) is 7.30. The average Bonchev–Trinajstić information content (AvgIpc) is 2.82. The first-order valence-corrected chi connectivity index (χ1v) is 12.1. The molecule has 1 atom stereocenters. The Labute approximate surface area is 212 Å². The van der Waals surface area contributed by atoms with Crippen LogP contribution in [0.2, 0.25) is 5.02 Å². The molecular formula is C26H29ClF3N3O3. The number of amides is 2. The van der Waals surface area contributed by atoms with Crippen LogP contribution in [0.25, 0.3) is 0 Å². The highest BCUT2D eigenvalue weighted by Gasteiger charge is 2.36. The molecule has 2 amide bonds. The van der Waals surface area contributed by atoms with Crippen molar-refractivity contribution in [3.63, 3.8) is 0 Å². The van der Waals surface area contributed by atoms with Gasteiger partial charge in [-0.1, -0.05) is 29.8 Å². The number of benzene rings is 2. The Kier molecular flexibility index (Phi) is 8.79. The number of rotatable bonds is 8. The van der Waals surface area contributed by atoms with Crippen LogP contribution in [0, 0.1) is 11.3 Å². The van der Waals surface area contributed by atoms with Gasteiger partial charge in [0.15, 0.2) is 0 Å². The third-order valence-corrected chi connectivity index (χ3v) is 6.70. The summed E-state index contributed by atoms with van der Waals surface area (Å²) >= 11 is 6.05. The minimum Gasteiger partial charge on any atom is -0.385 e. The zero-order chi connectivity index (χ0) is 26.5. The standard InChI is InChI=1S/C26H29ClF3N3O3/c1-16(33-23(34)15-32-24(35)18-4-2-6-20(13-18)26(28,29)30)12-22(31)17-8-10-25(36,11-9-17)19-5-3-7-21(27)14-19/h2-7,13-14,16-17,31,36H,8-12,15H2,1H3,(H,32,35)(H,33,34)/t16-,17?,25?/m1/s1. The largest absolute Gasteiger partial charge is 0.416 e. The molecule has 1 aliphatic rings. The lowest BCUT2D eigenvalue weighted by molar-refractivity contribution is -0.137. The van der Waals surface area contributed by atoms with E-state index in [2.05, 4.69) is 10.6 Å². The van der Waals surface area contributed by atoms with E-state index < -0.39 is 35.7 Å². The summed E-state index contributed by atoms with van der Waals surface area (Å²) in [5.41, 5.74) is -0.862. The first-order chi connectivity index (χ1) is 16.9. The molecule has 2 aromatic rings. The molecular weight excluding hydrogens is 495 g/mol. The zero-order valence-electron chi connectivity index (χ0n) is 19.8. The number of nitrogens with one attached hydrogen (secondary N) is 3. The smallest absolute Gasteiger partial charge is 0.385 e. The van der Waals surface area contributed by atoms with Crippen LogP contribution in [0.4, 0.5) is 13.2 Å². The quantitative estimate of drug-likeness (QED) is 0.363. The molecule has 3 rings (SSSR count). The molecule has 36 heavy (non-hydrogen) atoms. The fourth-order valence-corrected chi connectivity index (χ4v) is 4.67. The molecule has 0 aliphatic heterocycles. The van der Waals surface area contributed by atoms with Crippen LogP contribution in [-0.2, 0) is 16.6 Å². The van der Waals surface area contributed by atoms with Gasteiger partial charge in [0.2, 0.25) is 5.91 Å². The average molecular weight is 524 g/mol. The van der Waals surface area contributed by atoms with Gasteiger partial charge in [0.1, 0.15) is 0 Å². The second-order valence-corrected chi connectivity index (χ2v) is 9.71. The van der Waals surface area contributed by atoms with Gasteiger partial charge < -0.3 is 21.1 Å². The number of alkyl halides is 3. The number of hydrogen-bond donors (Lipinski definition) is 4. The van der Waals surface area contributed by atoms with Gasteiger partial charge in [-0.05, 0) is 74.4 Å². The van der Waals surface area contributed by atoms with E-state index in [4.69, 9.17) is 17.0 Å². The van der Waals surface area contributed by atoms with Crippen molar-refractivity contribution in [1.82, 2.24) is 10.6 Å². The molecule has 6 nitrogen and oxygen atoms in total. The van der Waals surface area contributed by atoms with Crippen LogP contribution < -0.4 is 10.6 Å². The van der Waals surface area contributed by atoms with E-state index in [1.54, 1.807) is 25.1 Å². The van der Waals surface area contributed by atoms with Gasteiger partial charge in [-0.25, -0.2) is 0 Å². The number of aliphatic hydroxyl groups is 1. The zero-order valence-corrected chi connectivity index (χ0v) is 20.5. The van der Waals surface area contributed by atoms with Crippen molar-refractivity contribution in [2.24, 2.45) is 5.92 Å². The summed E-state index contributed by atoms with van der Waals surface area (Å²) in [7, 11) is 0. The Hall–Kier alpha value is -2.91. The van der Waals surface area contributed by atoms with Crippen LogP contribution in [0.1, 0.15) is 60.5 Å². The SMILES string of the molecule is C[C@H](CC(=N)C1CCC(O)(c2cccc(Cl)c2)CC1)NC(=O)CNC(=O)c1cccc(C(F)(F)F)c1. The topological polar surface area (TPSA) is 102 Å². The first-order valence-electron chi connectivity index (χ1n) is 11.7. The fourth-order valence-electron chi connectivity index (χ4n) is 4.48. The molecule has 0 spiro atoms. The molecule has 10 heteroatoms. The maximum Gasteiger partial charge on any atom is 0.416 e. The van der Waals surface area contributed by atoms with E-state index in [-0.39, 0.29) is 17.5 Å². The van der Waals surface area contributed by atoms with Gasteiger partial charge in [-0.15, -0.1) is 0 Å². The predicted octanol–water partition coefficient (Wildman–Crippen LogP) is 5.08. The van der Waals surface area contributed by atoms with Crippen molar-refractivity contribution in [2.45, 2.75) is 56.8 Å². The van der Waals surface area contributed by atoms with Gasteiger partial charge in [-0.3, -0.25) is 9.59 Å². The minimum absolute atomic E-state index is 0.00979. The lowest BCUT2D eigenvalue weighted by atomic mass is 9.73. The van der Waals surface area contributed by atoms with Crippen LogP contribution in [-0.4, -0.2) is 35.2 Å². The van der Waals surface area contributed by atoms with Gasteiger partial charge in [0.05, 0.1) is 17.7 Å². The Morgan fingerprint density at radius 3 is 2.47 bits per heavy atom. The van der Waals surface area contributed by atoms with Gasteiger partial charge in [0, 0.05) is 28.8 Å². The Morgan fingerprint density at radius 2 is 1.83 bits per heavy atom. The maximum atomic E-state index is 12.8. The predicted molar refractivity (Wildman–Crippen MR) is 131 cm³/mol. The molecule has 1 aliphatic carbocycles. The lowest BCUT2D eigenvalue weighted by Gasteiger charge is -2.37. The summed E-state index contributed by atoms with van der Waals surface area (Å²) < 4.78 is 38.5. The van der Waals surface area contributed by atoms with E-state index in [1.807, 2.05) is 6.07 Å². The van der Waals surface area contributed by atoms with Gasteiger partial charge in [-0.2, -0.15) is 13.2 Å². The van der Waals surface area contributed by atoms with E-state index in [0.717, 1.165) is 23.8 Å². The molecule has 194 valence electrons. The van der Waals surface area contributed by atoms with E-state index >= 15 is 0 Å². The van der Waals surface area contributed by atoms with Gasteiger partial charge in [0.25, 0.3) is 5.91 Å². The number of carbonyl (C=O) groups is 2. The van der Waals surface area contributed by atoms with Crippen molar-refractivity contribution in [3.05, 3.63) is 70.2 Å². The summed E-state index contributed by atoms with van der Waals surface area (Å²) in [6.07, 6.45) is -1.98. The summed E-state index contributed by atoms with van der Waals surface area (Å²) in [5.74, 6) is -1.30. The highest BCUT2D eigenvalue weighted by atomic mass is 35.5. The van der Waals surface area contributed by atoms with Crippen LogP contribution in [0.15, 0.2) is 48.5 Å². The molecule has 0 aromatic heterocycles. The molecule has 0 bridgehead atoms. The summed E-state index contributed by atoms with van der Waals surface area (Å²) in [4.78, 5) is 24.4. The second kappa shape index (κ2) is 11.4. The van der Waals surface area contributed by atoms with Crippen molar-refractivity contribution in [3.8, 4) is 0 Å². The van der Waals surface area contributed by atoms with Crippen molar-refractivity contribution >= 4 is 29.1 Å². The highest BCUT2D eigenvalue weighted by Crippen LogP contribution is 2.40. The summed E-state index contributed by atoms with van der Waals surface area (Å²) in [6.45, 7) is 1.34. The second-order valence-electron chi connectivity index (χ2n) is 9.28. The van der Waals surface area contributed by atoms with E-state index in [9.17, 15) is 27.9 Å². The molecule has 0 saturated heterocycles. The van der Waals surface area contributed by atoms with Crippen LogP contribution in [0.3, 0.4) is 0 Å². The minimum atomic E-state index is -4.57. The lowest BCUT2D eigenvalue weighted by Crippen LogP contribution is -2.42. The molecule has 4 N–H and O–H groups in total. The fraction of sp³-hybridized carbons (Fsp3) is 0.423. The maximum absolute atomic E-state index is 12.8. The third-order valence-electron chi connectivity index (χ3n) is 6.46. The molecule has 2 aromatic carbocycles. The van der Waals surface area contributed by atoms with Crippen molar-refractivity contribution in [2.75, 3.05) is 6.54 Å². The van der Waals surface area contributed by atoms with Crippen molar-refractivity contribution < 1.29 is 27.9 Å². The normalized spacial score (nSPS) is 20.9. The van der Waals surface area contributed by atoms with Crippen LogP contribution >= 0.6 is 11.6 Å². The first kappa shape index (κ1) is 27.7. The Morgan fingerprint density at radius 1 is 1.17 bits per heavy atom. The van der Waals surface area contributed by atoms with Gasteiger partial charge >= 0.3 is 6.18 Å². The molecule has 1 fully saturated rings. The van der Waals surface area contributed by atoms with E-state index in [0.29, 0.717) is 42.8 Å².